The van der Waals surface area contributed by atoms with Gasteiger partial charge in [-0.05, 0) is 54.3 Å². The van der Waals surface area contributed by atoms with Crippen LogP contribution in [0.2, 0.25) is 0 Å². The van der Waals surface area contributed by atoms with Gasteiger partial charge in [0.15, 0.2) is 17.5 Å². The minimum atomic E-state index is -1.52. The normalized spacial score (nSPS) is 11.4. The van der Waals surface area contributed by atoms with Crippen molar-refractivity contribution in [2.24, 2.45) is 10.9 Å². The number of nitrogens with zero attached hydrogens (tertiary/aromatic N) is 1. The van der Waals surface area contributed by atoms with Crippen molar-refractivity contribution in [3.63, 3.8) is 0 Å². The fraction of sp³-hybridized carbons (Fsp3) is 0.278. The van der Waals surface area contributed by atoms with Gasteiger partial charge in [-0.25, -0.2) is 13.2 Å². The fourth-order valence-corrected chi connectivity index (χ4v) is 1.82. The highest BCUT2D eigenvalue weighted by molar-refractivity contribution is 5.82. The first-order valence-corrected chi connectivity index (χ1v) is 7.38. The van der Waals surface area contributed by atoms with E-state index in [0.717, 1.165) is 24.3 Å². The second-order valence-corrected chi connectivity index (χ2v) is 5.55. The minimum absolute atomic E-state index is 0.249. The SMILES string of the molecule is CC(C)CCOc1ccc(C=Nc2ccc(F)c(F)c2F)cc1. The van der Waals surface area contributed by atoms with Crippen LogP contribution >= 0.6 is 0 Å². The molecule has 0 bridgehead atoms. The number of halogens is 3. The third-order valence-corrected chi connectivity index (χ3v) is 3.21. The Balaban J connectivity index is 2.02. The van der Waals surface area contributed by atoms with Crippen LogP contribution in [0.1, 0.15) is 25.8 Å². The third kappa shape index (κ3) is 4.84. The van der Waals surface area contributed by atoms with Gasteiger partial charge in [0.25, 0.3) is 0 Å². The molecule has 0 aliphatic heterocycles. The molecule has 0 spiro atoms. The van der Waals surface area contributed by atoms with Gasteiger partial charge in [-0.3, -0.25) is 4.99 Å². The molecular formula is C18H18F3NO. The summed E-state index contributed by atoms with van der Waals surface area (Å²) in [5, 5.41) is 0. The second kappa shape index (κ2) is 7.81. The standard InChI is InChI=1S/C18H18F3NO/c1-12(2)9-10-23-14-5-3-13(4-6-14)11-22-16-8-7-15(19)17(20)18(16)21/h3-8,11-12H,9-10H2,1-2H3. The van der Waals surface area contributed by atoms with E-state index in [9.17, 15) is 13.2 Å². The first-order valence-electron chi connectivity index (χ1n) is 7.38. The molecule has 0 N–H and O–H groups in total. The number of hydrogen-bond acceptors (Lipinski definition) is 2. The molecule has 0 unspecified atom stereocenters. The lowest BCUT2D eigenvalue weighted by Gasteiger charge is -2.07. The second-order valence-electron chi connectivity index (χ2n) is 5.55. The lowest BCUT2D eigenvalue weighted by atomic mass is 10.1. The van der Waals surface area contributed by atoms with Gasteiger partial charge in [0.2, 0.25) is 0 Å². The van der Waals surface area contributed by atoms with E-state index < -0.39 is 17.5 Å². The molecule has 0 heterocycles. The van der Waals surface area contributed by atoms with Crippen LogP contribution < -0.4 is 4.74 Å². The summed E-state index contributed by atoms with van der Waals surface area (Å²) in [4.78, 5) is 3.85. The summed E-state index contributed by atoms with van der Waals surface area (Å²) in [5.41, 5.74) is 0.450. The molecule has 0 saturated carbocycles. The molecule has 2 aromatic carbocycles. The van der Waals surface area contributed by atoms with E-state index in [-0.39, 0.29) is 5.69 Å². The van der Waals surface area contributed by atoms with Gasteiger partial charge in [0.1, 0.15) is 11.4 Å². The molecule has 23 heavy (non-hydrogen) atoms. The lowest BCUT2D eigenvalue weighted by molar-refractivity contribution is 0.289. The highest BCUT2D eigenvalue weighted by atomic mass is 19.2. The Morgan fingerprint density at radius 1 is 1.00 bits per heavy atom. The van der Waals surface area contributed by atoms with Gasteiger partial charge in [0.05, 0.1) is 6.61 Å². The monoisotopic (exact) mass is 321 g/mol. The molecular weight excluding hydrogens is 303 g/mol. The summed E-state index contributed by atoms with van der Waals surface area (Å²) >= 11 is 0. The van der Waals surface area contributed by atoms with Gasteiger partial charge in [-0.2, -0.15) is 0 Å². The average Bonchev–Trinajstić information content (AvgIpc) is 2.53. The maximum atomic E-state index is 13.5. The van der Waals surface area contributed by atoms with Crippen molar-refractivity contribution < 1.29 is 17.9 Å². The van der Waals surface area contributed by atoms with Crippen LogP contribution in [0.3, 0.4) is 0 Å². The molecule has 5 heteroatoms. The zero-order valence-electron chi connectivity index (χ0n) is 13.0. The molecule has 2 rings (SSSR count). The Labute approximate surface area is 133 Å². The van der Waals surface area contributed by atoms with Crippen molar-refractivity contribution >= 4 is 11.9 Å². The van der Waals surface area contributed by atoms with E-state index in [0.29, 0.717) is 18.1 Å². The predicted molar refractivity (Wildman–Crippen MR) is 85.0 cm³/mol. The Hall–Kier alpha value is -2.30. The van der Waals surface area contributed by atoms with Gasteiger partial charge in [0, 0.05) is 6.21 Å². The molecule has 0 fully saturated rings. The van der Waals surface area contributed by atoms with Crippen LogP contribution in [0.25, 0.3) is 0 Å². The topological polar surface area (TPSA) is 21.6 Å². The maximum absolute atomic E-state index is 13.5. The van der Waals surface area contributed by atoms with Gasteiger partial charge in [-0.1, -0.05) is 13.8 Å². The number of ether oxygens (including phenoxy) is 1. The van der Waals surface area contributed by atoms with Crippen LogP contribution in [0.4, 0.5) is 18.9 Å². The molecule has 0 radical (unpaired) electrons. The van der Waals surface area contributed by atoms with Gasteiger partial charge >= 0.3 is 0 Å². The summed E-state index contributed by atoms with van der Waals surface area (Å²) in [6.45, 7) is 4.89. The van der Waals surface area contributed by atoms with Crippen molar-refractivity contribution in [2.45, 2.75) is 20.3 Å². The van der Waals surface area contributed by atoms with Crippen molar-refractivity contribution in [1.82, 2.24) is 0 Å². The van der Waals surface area contributed by atoms with Crippen molar-refractivity contribution in [1.29, 1.82) is 0 Å². The molecule has 2 nitrogen and oxygen atoms in total. The summed E-state index contributed by atoms with van der Waals surface area (Å²) in [6.07, 6.45) is 2.35. The molecule has 0 amide bonds. The van der Waals surface area contributed by atoms with Crippen LogP contribution in [-0.4, -0.2) is 12.8 Å². The number of benzene rings is 2. The van der Waals surface area contributed by atoms with Gasteiger partial charge in [-0.15, -0.1) is 0 Å². The van der Waals surface area contributed by atoms with Crippen LogP contribution in [0, 0.1) is 23.4 Å². The maximum Gasteiger partial charge on any atom is 0.196 e. The summed E-state index contributed by atoms with van der Waals surface area (Å²) in [5.74, 6) is -2.73. The Kier molecular flexibility index (Phi) is 5.79. The smallest absolute Gasteiger partial charge is 0.196 e. The molecule has 2 aromatic rings. The summed E-state index contributed by atoms with van der Waals surface area (Å²) in [6, 6.07) is 9.01. The zero-order chi connectivity index (χ0) is 16.8. The van der Waals surface area contributed by atoms with Crippen LogP contribution in [0.5, 0.6) is 5.75 Å². The van der Waals surface area contributed by atoms with Gasteiger partial charge < -0.3 is 4.74 Å². The Morgan fingerprint density at radius 2 is 1.70 bits per heavy atom. The quantitative estimate of drug-likeness (QED) is 0.524. The lowest BCUT2D eigenvalue weighted by Crippen LogP contribution is -2.01. The van der Waals surface area contributed by atoms with E-state index in [1.165, 1.54) is 6.21 Å². The van der Waals surface area contributed by atoms with E-state index in [1.54, 1.807) is 24.3 Å². The molecule has 0 aliphatic rings. The largest absolute Gasteiger partial charge is 0.494 e. The highest BCUT2D eigenvalue weighted by Gasteiger charge is 2.12. The molecule has 0 aliphatic carbocycles. The van der Waals surface area contributed by atoms with Crippen LogP contribution in [0.15, 0.2) is 41.4 Å². The first kappa shape index (κ1) is 17.1. The summed E-state index contributed by atoms with van der Waals surface area (Å²) in [7, 11) is 0. The van der Waals surface area contributed by atoms with Crippen molar-refractivity contribution in [2.75, 3.05) is 6.61 Å². The molecule has 0 atom stereocenters. The summed E-state index contributed by atoms with van der Waals surface area (Å²) < 4.78 is 45.0. The number of hydrogen-bond donors (Lipinski definition) is 0. The number of rotatable bonds is 6. The molecule has 122 valence electrons. The minimum Gasteiger partial charge on any atom is -0.494 e. The average molecular weight is 321 g/mol. The van der Waals surface area contributed by atoms with Crippen molar-refractivity contribution in [3.8, 4) is 5.75 Å². The molecule has 0 aromatic heterocycles. The predicted octanol–water partition coefficient (Wildman–Crippen LogP) is 5.28. The third-order valence-electron chi connectivity index (χ3n) is 3.21. The van der Waals surface area contributed by atoms with E-state index >= 15 is 0 Å². The Morgan fingerprint density at radius 3 is 2.35 bits per heavy atom. The fourth-order valence-electron chi connectivity index (χ4n) is 1.82. The highest BCUT2D eigenvalue weighted by Crippen LogP contribution is 2.22. The van der Waals surface area contributed by atoms with E-state index in [2.05, 4.69) is 18.8 Å². The molecule has 0 saturated heterocycles. The van der Waals surface area contributed by atoms with Crippen LogP contribution in [-0.2, 0) is 0 Å². The zero-order valence-corrected chi connectivity index (χ0v) is 13.0. The Bertz CT molecular complexity index is 681. The van der Waals surface area contributed by atoms with E-state index in [1.807, 2.05) is 0 Å². The first-order chi connectivity index (χ1) is 11.0. The van der Waals surface area contributed by atoms with E-state index in [4.69, 9.17) is 4.74 Å². The number of aliphatic imine (C=N–C) groups is 1. The van der Waals surface area contributed by atoms with Crippen molar-refractivity contribution in [3.05, 3.63) is 59.4 Å².